The molecule has 29 heavy (non-hydrogen) atoms. The van der Waals surface area contributed by atoms with Gasteiger partial charge in [-0.2, -0.15) is 0 Å². The van der Waals surface area contributed by atoms with Gasteiger partial charge < -0.3 is 18.9 Å². The number of rotatable bonds is 7. The molecule has 6 nitrogen and oxygen atoms in total. The maximum Gasteiger partial charge on any atom is 0.338 e. The first-order valence-corrected chi connectivity index (χ1v) is 9.54. The third-order valence-corrected chi connectivity index (χ3v) is 4.62. The highest BCUT2D eigenvalue weighted by Gasteiger charge is 2.47. The number of esters is 2. The molecule has 1 aliphatic rings. The lowest BCUT2D eigenvalue weighted by molar-refractivity contribution is -0.152. The van der Waals surface area contributed by atoms with E-state index < -0.39 is 24.0 Å². The lowest BCUT2D eigenvalue weighted by atomic mass is 9.89. The number of hydrogen-bond acceptors (Lipinski definition) is 6. The Bertz CT molecular complexity index is 885. The van der Waals surface area contributed by atoms with Crippen molar-refractivity contribution in [2.24, 2.45) is 5.92 Å². The molecule has 2 aromatic rings. The van der Waals surface area contributed by atoms with Crippen LogP contribution in [-0.2, 0) is 23.8 Å². The Morgan fingerprint density at radius 1 is 0.931 bits per heavy atom. The van der Waals surface area contributed by atoms with Crippen molar-refractivity contribution < 1.29 is 28.5 Å². The summed E-state index contributed by atoms with van der Waals surface area (Å²) in [6.07, 6.45) is -0.688. The number of carbonyl (C=O) groups is 2. The summed E-state index contributed by atoms with van der Waals surface area (Å²) in [6.45, 7) is 3.83. The van der Waals surface area contributed by atoms with Crippen LogP contribution in [0.1, 0.15) is 31.1 Å². The summed E-state index contributed by atoms with van der Waals surface area (Å²) in [5.74, 6) is -1.04. The molecular weight excluding hydrogens is 372 g/mol. The molecule has 6 heteroatoms. The fourth-order valence-electron chi connectivity index (χ4n) is 3.32. The highest BCUT2D eigenvalue weighted by Crippen LogP contribution is 2.46. The third-order valence-electron chi connectivity index (χ3n) is 4.62. The Morgan fingerprint density at radius 2 is 1.59 bits per heavy atom. The summed E-state index contributed by atoms with van der Waals surface area (Å²) in [5, 5.41) is 0. The van der Waals surface area contributed by atoms with Crippen LogP contribution in [0.5, 0.6) is 5.75 Å². The van der Waals surface area contributed by atoms with Gasteiger partial charge in [0.2, 0.25) is 0 Å². The van der Waals surface area contributed by atoms with Crippen molar-refractivity contribution in [2.45, 2.75) is 20.0 Å². The molecular formula is C23H24O6. The van der Waals surface area contributed by atoms with Crippen molar-refractivity contribution in [2.75, 3.05) is 20.3 Å². The largest absolute Gasteiger partial charge is 0.497 e. The van der Waals surface area contributed by atoms with Gasteiger partial charge >= 0.3 is 11.9 Å². The maximum absolute atomic E-state index is 12.9. The van der Waals surface area contributed by atoms with E-state index in [-0.39, 0.29) is 18.8 Å². The van der Waals surface area contributed by atoms with Gasteiger partial charge in [-0.05, 0) is 43.7 Å². The standard InChI is InChI=1S/C23H24O6/c1-4-27-22(24)18-19(23(25)28-5-2)21(16-11-13-17(26-3)14-12-16)29-20(18)15-9-7-6-8-10-15/h6-14,18,20H,4-5H2,1-3H3/t18-,20-/m0/s1. The smallest absolute Gasteiger partial charge is 0.338 e. The van der Waals surface area contributed by atoms with Gasteiger partial charge in [-0.3, -0.25) is 4.79 Å². The summed E-state index contributed by atoms with van der Waals surface area (Å²) >= 11 is 0. The van der Waals surface area contributed by atoms with Gasteiger partial charge in [0.25, 0.3) is 0 Å². The first-order valence-electron chi connectivity index (χ1n) is 9.54. The van der Waals surface area contributed by atoms with E-state index in [1.54, 1.807) is 45.2 Å². The number of ether oxygens (including phenoxy) is 4. The van der Waals surface area contributed by atoms with Crippen molar-refractivity contribution in [3.05, 3.63) is 71.3 Å². The minimum Gasteiger partial charge on any atom is -0.497 e. The molecule has 0 fully saturated rings. The molecule has 0 radical (unpaired) electrons. The fourth-order valence-corrected chi connectivity index (χ4v) is 3.32. The Labute approximate surface area is 170 Å². The fraction of sp³-hybridized carbons (Fsp3) is 0.304. The van der Waals surface area contributed by atoms with Crippen LogP contribution >= 0.6 is 0 Å². The number of methoxy groups -OCH3 is 1. The molecule has 0 N–H and O–H groups in total. The summed E-state index contributed by atoms with van der Waals surface area (Å²) in [7, 11) is 1.58. The van der Waals surface area contributed by atoms with Crippen LogP contribution in [0.2, 0.25) is 0 Å². The summed E-state index contributed by atoms with van der Waals surface area (Å²) in [6, 6.07) is 16.4. The molecule has 1 heterocycles. The highest BCUT2D eigenvalue weighted by atomic mass is 16.6. The van der Waals surface area contributed by atoms with Gasteiger partial charge in [0.05, 0.1) is 25.9 Å². The number of hydrogen-bond donors (Lipinski definition) is 0. The van der Waals surface area contributed by atoms with E-state index in [0.717, 1.165) is 5.56 Å². The topological polar surface area (TPSA) is 71.1 Å². The van der Waals surface area contributed by atoms with Crippen molar-refractivity contribution in [1.82, 2.24) is 0 Å². The van der Waals surface area contributed by atoms with Gasteiger partial charge in [-0.1, -0.05) is 30.3 Å². The molecule has 152 valence electrons. The van der Waals surface area contributed by atoms with Crippen molar-refractivity contribution >= 4 is 17.7 Å². The number of benzene rings is 2. The average Bonchev–Trinajstić information content (AvgIpc) is 3.16. The predicted molar refractivity (Wildman–Crippen MR) is 107 cm³/mol. The van der Waals surface area contributed by atoms with E-state index in [1.807, 2.05) is 30.3 Å². The van der Waals surface area contributed by atoms with E-state index in [0.29, 0.717) is 17.1 Å². The monoisotopic (exact) mass is 396 g/mol. The molecule has 1 aliphatic heterocycles. The van der Waals surface area contributed by atoms with Crippen LogP contribution in [0.25, 0.3) is 5.76 Å². The first-order chi connectivity index (χ1) is 14.1. The molecule has 0 spiro atoms. The van der Waals surface area contributed by atoms with Crippen LogP contribution in [0.4, 0.5) is 0 Å². The molecule has 0 bridgehead atoms. The Hall–Kier alpha value is -3.28. The molecule has 2 atom stereocenters. The minimum absolute atomic E-state index is 0.171. The molecule has 0 aliphatic carbocycles. The predicted octanol–water partition coefficient (Wildman–Crippen LogP) is 3.92. The zero-order valence-electron chi connectivity index (χ0n) is 16.7. The van der Waals surface area contributed by atoms with E-state index in [1.165, 1.54) is 0 Å². The van der Waals surface area contributed by atoms with Crippen molar-refractivity contribution in [3.63, 3.8) is 0 Å². The van der Waals surface area contributed by atoms with Crippen LogP contribution in [0, 0.1) is 5.92 Å². The second-order valence-electron chi connectivity index (χ2n) is 6.37. The van der Waals surface area contributed by atoms with Gasteiger partial charge in [-0.15, -0.1) is 0 Å². The maximum atomic E-state index is 12.9. The van der Waals surface area contributed by atoms with E-state index in [4.69, 9.17) is 18.9 Å². The number of carbonyl (C=O) groups excluding carboxylic acids is 2. The molecule has 0 aromatic heterocycles. The second-order valence-corrected chi connectivity index (χ2v) is 6.37. The lowest BCUT2D eigenvalue weighted by Crippen LogP contribution is -2.27. The molecule has 0 saturated heterocycles. The zero-order chi connectivity index (χ0) is 20.8. The summed E-state index contributed by atoms with van der Waals surface area (Å²) < 4.78 is 21.9. The van der Waals surface area contributed by atoms with Gasteiger partial charge in [-0.25, -0.2) is 4.79 Å². The molecule has 3 rings (SSSR count). The van der Waals surface area contributed by atoms with Gasteiger partial charge in [0.1, 0.15) is 23.5 Å². The molecule has 0 unspecified atom stereocenters. The Balaban J connectivity index is 2.12. The van der Waals surface area contributed by atoms with Crippen LogP contribution < -0.4 is 4.74 Å². The van der Waals surface area contributed by atoms with Crippen LogP contribution in [-0.4, -0.2) is 32.3 Å². The Kier molecular flexibility index (Phi) is 6.54. The molecule has 0 saturated carbocycles. The highest BCUT2D eigenvalue weighted by molar-refractivity contribution is 6.03. The zero-order valence-corrected chi connectivity index (χ0v) is 16.7. The minimum atomic E-state index is -0.923. The average molecular weight is 396 g/mol. The van der Waals surface area contributed by atoms with Crippen LogP contribution in [0.15, 0.2) is 60.2 Å². The SMILES string of the molecule is CCOC(=O)C1=C(c2ccc(OC)cc2)O[C@@H](c2ccccc2)[C@H]1C(=O)OCC. The van der Waals surface area contributed by atoms with Crippen molar-refractivity contribution in [1.29, 1.82) is 0 Å². The van der Waals surface area contributed by atoms with E-state index in [9.17, 15) is 9.59 Å². The van der Waals surface area contributed by atoms with Gasteiger partial charge in [0.15, 0.2) is 0 Å². The molecule has 0 amide bonds. The first kappa shape index (κ1) is 20.5. The summed E-state index contributed by atoms with van der Waals surface area (Å²) in [4.78, 5) is 25.7. The van der Waals surface area contributed by atoms with Crippen molar-refractivity contribution in [3.8, 4) is 5.75 Å². The third kappa shape index (κ3) is 4.26. The van der Waals surface area contributed by atoms with Crippen LogP contribution in [0.3, 0.4) is 0 Å². The lowest BCUT2D eigenvalue weighted by Gasteiger charge is -2.19. The van der Waals surface area contributed by atoms with Gasteiger partial charge in [0, 0.05) is 5.56 Å². The molecule has 2 aromatic carbocycles. The van der Waals surface area contributed by atoms with E-state index in [2.05, 4.69) is 0 Å². The normalized spacial score (nSPS) is 18.2. The quantitative estimate of drug-likeness (QED) is 0.661. The van der Waals surface area contributed by atoms with E-state index >= 15 is 0 Å². The Morgan fingerprint density at radius 3 is 2.17 bits per heavy atom. The summed E-state index contributed by atoms with van der Waals surface area (Å²) in [5.41, 5.74) is 1.60. The second kappa shape index (κ2) is 9.28.